The van der Waals surface area contributed by atoms with Gasteiger partial charge in [-0.1, -0.05) is 24.6 Å². The number of piperidine rings is 1. The van der Waals surface area contributed by atoms with Gasteiger partial charge in [-0.3, -0.25) is 0 Å². The van der Waals surface area contributed by atoms with Gasteiger partial charge in [-0.15, -0.1) is 0 Å². The fourth-order valence-electron chi connectivity index (χ4n) is 2.62. The first-order valence-electron chi connectivity index (χ1n) is 7.69. The van der Waals surface area contributed by atoms with Crippen LogP contribution in [0.15, 0.2) is 28.7 Å². The Balaban J connectivity index is 1.70. The first kappa shape index (κ1) is 15.7. The van der Waals surface area contributed by atoms with Crippen LogP contribution in [0.1, 0.15) is 31.4 Å². The van der Waals surface area contributed by atoms with Crippen LogP contribution in [-0.2, 0) is 6.61 Å². The Kier molecular flexibility index (Phi) is 4.73. The van der Waals surface area contributed by atoms with Gasteiger partial charge in [0.05, 0.1) is 0 Å². The van der Waals surface area contributed by atoms with Crippen LogP contribution in [0.3, 0.4) is 0 Å². The van der Waals surface area contributed by atoms with Crippen molar-refractivity contribution in [2.45, 2.75) is 26.4 Å². The maximum absolute atomic E-state index is 9.28. The Labute approximate surface area is 140 Å². The minimum Gasteiger partial charge on any atom is -0.484 e. The zero-order valence-electron chi connectivity index (χ0n) is 13.0. The van der Waals surface area contributed by atoms with Crippen molar-refractivity contribution < 1.29 is 9.15 Å². The van der Waals surface area contributed by atoms with Crippen LogP contribution in [0.4, 0.5) is 5.88 Å². The van der Waals surface area contributed by atoms with E-state index in [0.29, 0.717) is 34.2 Å². The monoisotopic (exact) mass is 331 g/mol. The van der Waals surface area contributed by atoms with Gasteiger partial charge in [0.2, 0.25) is 17.5 Å². The average Bonchev–Trinajstić information content (AvgIpc) is 2.97. The lowest BCUT2D eigenvalue weighted by atomic mass is 9.99. The Morgan fingerprint density at radius 3 is 2.91 bits per heavy atom. The minimum atomic E-state index is 0.166. The fourth-order valence-corrected chi connectivity index (χ4v) is 2.80. The Morgan fingerprint density at radius 2 is 2.22 bits per heavy atom. The number of nitrogens with zero attached hydrogens (tertiary/aromatic N) is 3. The molecule has 1 aliphatic rings. The summed E-state index contributed by atoms with van der Waals surface area (Å²) >= 11 is 5.92. The number of oxazole rings is 1. The van der Waals surface area contributed by atoms with Crippen molar-refractivity contribution in [1.29, 1.82) is 5.26 Å². The van der Waals surface area contributed by atoms with Crippen LogP contribution in [-0.4, -0.2) is 18.1 Å². The van der Waals surface area contributed by atoms with Crippen LogP contribution in [0.5, 0.6) is 5.75 Å². The van der Waals surface area contributed by atoms with E-state index >= 15 is 0 Å². The normalized spacial score (nSPS) is 15.4. The molecule has 0 spiro atoms. The lowest BCUT2D eigenvalue weighted by Crippen LogP contribution is -2.32. The zero-order chi connectivity index (χ0) is 16.2. The van der Waals surface area contributed by atoms with Crippen molar-refractivity contribution in [1.82, 2.24) is 4.98 Å². The zero-order valence-corrected chi connectivity index (χ0v) is 13.7. The van der Waals surface area contributed by atoms with Crippen molar-refractivity contribution in [3.63, 3.8) is 0 Å². The van der Waals surface area contributed by atoms with E-state index in [4.69, 9.17) is 20.8 Å². The molecule has 2 heterocycles. The highest BCUT2D eigenvalue weighted by Gasteiger charge is 2.23. The van der Waals surface area contributed by atoms with E-state index in [9.17, 15) is 5.26 Å². The van der Waals surface area contributed by atoms with Gasteiger partial charge in [0.1, 0.15) is 11.8 Å². The molecule has 0 N–H and O–H groups in total. The SMILES string of the molecule is CC1CCN(c2oc(COc3cccc(Cl)c3)nc2C#N)CC1. The lowest BCUT2D eigenvalue weighted by Gasteiger charge is -2.29. The number of hydrogen-bond donors (Lipinski definition) is 0. The van der Waals surface area contributed by atoms with Gasteiger partial charge in [-0.25, -0.2) is 0 Å². The van der Waals surface area contributed by atoms with Crippen LogP contribution in [0.2, 0.25) is 5.02 Å². The van der Waals surface area contributed by atoms with Gasteiger partial charge < -0.3 is 14.1 Å². The number of hydrogen-bond acceptors (Lipinski definition) is 5. The van der Waals surface area contributed by atoms with E-state index in [1.165, 1.54) is 0 Å². The number of halogens is 1. The molecule has 3 rings (SSSR count). The Hall–Kier alpha value is -2.19. The van der Waals surface area contributed by atoms with Gasteiger partial charge in [0.15, 0.2) is 6.61 Å². The number of nitriles is 1. The molecule has 1 aromatic carbocycles. The second kappa shape index (κ2) is 6.93. The summed E-state index contributed by atoms with van der Waals surface area (Å²) in [4.78, 5) is 6.32. The number of benzene rings is 1. The molecule has 120 valence electrons. The summed E-state index contributed by atoms with van der Waals surface area (Å²) in [5, 5.41) is 9.89. The largest absolute Gasteiger partial charge is 0.484 e. The smallest absolute Gasteiger partial charge is 0.236 e. The summed E-state index contributed by atoms with van der Waals surface area (Å²) in [6, 6.07) is 9.24. The van der Waals surface area contributed by atoms with Crippen molar-refractivity contribution in [2.24, 2.45) is 5.92 Å². The number of rotatable bonds is 4. The average molecular weight is 332 g/mol. The van der Waals surface area contributed by atoms with Crippen LogP contribution in [0.25, 0.3) is 0 Å². The molecule has 0 radical (unpaired) electrons. The molecule has 2 aromatic rings. The molecule has 23 heavy (non-hydrogen) atoms. The summed E-state index contributed by atoms with van der Waals surface area (Å²) in [6.45, 7) is 4.19. The maximum atomic E-state index is 9.28. The van der Waals surface area contributed by atoms with E-state index in [0.717, 1.165) is 25.9 Å². The van der Waals surface area contributed by atoms with E-state index in [1.807, 2.05) is 12.1 Å². The first-order chi connectivity index (χ1) is 11.2. The van der Waals surface area contributed by atoms with Gasteiger partial charge in [-0.2, -0.15) is 10.2 Å². The highest BCUT2D eigenvalue weighted by atomic mass is 35.5. The topological polar surface area (TPSA) is 62.3 Å². The summed E-state index contributed by atoms with van der Waals surface area (Å²) in [5.41, 5.74) is 0.323. The minimum absolute atomic E-state index is 0.166. The summed E-state index contributed by atoms with van der Waals surface area (Å²) in [5.74, 6) is 2.31. The third-order valence-electron chi connectivity index (χ3n) is 3.99. The van der Waals surface area contributed by atoms with E-state index < -0.39 is 0 Å². The molecule has 0 atom stereocenters. The maximum Gasteiger partial charge on any atom is 0.236 e. The summed E-state index contributed by atoms with van der Waals surface area (Å²) in [7, 11) is 0. The number of ether oxygens (including phenoxy) is 1. The molecule has 0 aliphatic carbocycles. The molecule has 5 nitrogen and oxygen atoms in total. The van der Waals surface area contributed by atoms with Crippen molar-refractivity contribution in [2.75, 3.05) is 18.0 Å². The van der Waals surface area contributed by atoms with Crippen molar-refractivity contribution in [3.8, 4) is 11.8 Å². The Bertz CT molecular complexity index is 715. The second-order valence-corrected chi connectivity index (χ2v) is 6.23. The van der Waals surface area contributed by atoms with Crippen molar-refractivity contribution in [3.05, 3.63) is 40.9 Å². The highest BCUT2D eigenvalue weighted by molar-refractivity contribution is 6.30. The predicted molar refractivity (Wildman–Crippen MR) is 87.6 cm³/mol. The second-order valence-electron chi connectivity index (χ2n) is 5.79. The third kappa shape index (κ3) is 3.77. The van der Waals surface area contributed by atoms with E-state index in [2.05, 4.69) is 22.9 Å². The summed E-state index contributed by atoms with van der Waals surface area (Å²) < 4.78 is 11.4. The standard InChI is InChI=1S/C17H18ClN3O2/c1-12-5-7-21(8-6-12)17-15(10-19)20-16(23-17)11-22-14-4-2-3-13(18)9-14/h2-4,9,12H,5-8,11H2,1H3. The van der Waals surface area contributed by atoms with E-state index in [-0.39, 0.29) is 6.61 Å². The molecule has 0 unspecified atom stereocenters. The fraction of sp³-hybridized carbons (Fsp3) is 0.412. The molecular weight excluding hydrogens is 314 g/mol. The molecular formula is C17H18ClN3O2. The van der Waals surface area contributed by atoms with Crippen LogP contribution < -0.4 is 9.64 Å². The van der Waals surface area contributed by atoms with Crippen LogP contribution >= 0.6 is 11.6 Å². The Morgan fingerprint density at radius 1 is 1.43 bits per heavy atom. The molecule has 0 saturated carbocycles. The molecule has 1 aromatic heterocycles. The quantitative estimate of drug-likeness (QED) is 0.846. The predicted octanol–water partition coefficient (Wildman–Crippen LogP) is 4.01. The molecule has 1 aliphatic heterocycles. The first-order valence-corrected chi connectivity index (χ1v) is 8.06. The highest BCUT2D eigenvalue weighted by Crippen LogP contribution is 2.27. The molecule has 1 fully saturated rings. The van der Waals surface area contributed by atoms with Gasteiger partial charge >= 0.3 is 0 Å². The number of aromatic nitrogens is 1. The molecule has 6 heteroatoms. The third-order valence-corrected chi connectivity index (χ3v) is 4.22. The summed E-state index contributed by atoms with van der Waals surface area (Å²) in [6.07, 6.45) is 2.19. The van der Waals surface area contributed by atoms with Gasteiger partial charge in [0.25, 0.3) is 0 Å². The van der Waals surface area contributed by atoms with Crippen LogP contribution in [0, 0.1) is 17.2 Å². The van der Waals surface area contributed by atoms with Gasteiger partial charge in [-0.05, 0) is 37.0 Å². The lowest BCUT2D eigenvalue weighted by molar-refractivity contribution is 0.262. The molecule has 1 saturated heterocycles. The molecule has 0 bridgehead atoms. The van der Waals surface area contributed by atoms with E-state index in [1.54, 1.807) is 12.1 Å². The number of anilines is 1. The van der Waals surface area contributed by atoms with Gasteiger partial charge in [0, 0.05) is 18.1 Å². The van der Waals surface area contributed by atoms with Crippen molar-refractivity contribution >= 4 is 17.5 Å². The molecule has 0 amide bonds.